The minimum absolute atomic E-state index is 0.00503. The molecule has 0 bridgehead atoms. The van der Waals surface area contributed by atoms with Crippen LogP contribution in [0.1, 0.15) is 26.2 Å². The third-order valence-electron chi connectivity index (χ3n) is 4.57. The number of esters is 1. The predicted octanol–water partition coefficient (Wildman–Crippen LogP) is 2.06. The van der Waals surface area contributed by atoms with Gasteiger partial charge in [-0.15, -0.1) is 0 Å². The number of sulfonamides is 1. The highest BCUT2D eigenvalue weighted by atomic mass is 32.2. The minimum atomic E-state index is -4.04. The number of carbonyl (C=O) groups is 2. The number of rotatable bonds is 7. The molecule has 1 aromatic carbocycles. The Morgan fingerprint density at radius 3 is 2.50 bits per heavy atom. The van der Waals surface area contributed by atoms with E-state index >= 15 is 0 Å². The molecule has 9 heteroatoms. The van der Waals surface area contributed by atoms with Gasteiger partial charge in [0, 0.05) is 18.5 Å². The fourth-order valence-corrected chi connectivity index (χ4v) is 4.88. The van der Waals surface area contributed by atoms with Gasteiger partial charge >= 0.3 is 11.9 Å². The van der Waals surface area contributed by atoms with Crippen LogP contribution < -0.4 is 4.74 Å². The SMILES string of the molecule is CCOC(=O)/C=C/C1CCCCN(S(=O)(=O)c2ccc(OC)cc2)C1C(=O)O. The summed E-state index contributed by atoms with van der Waals surface area (Å²) >= 11 is 0. The zero-order valence-corrected chi connectivity index (χ0v) is 16.7. The Labute approximate surface area is 164 Å². The minimum Gasteiger partial charge on any atom is -0.497 e. The fourth-order valence-electron chi connectivity index (χ4n) is 3.21. The topological polar surface area (TPSA) is 110 Å². The van der Waals surface area contributed by atoms with Crippen molar-refractivity contribution in [3.05, 3.63) is 36.4 Å². The summed E-state index contributed by atoms with van der Waals surface area (Å²) in [5.74, 6) is -1.98. The number of methoxy groups -OCH3 is 1. The maximum Gasteiger partial charge on any atom is 0.330 e. The summed E-state index contributed by atoms with van der Waals surface area (Å²) in [4.78, 5) is 23.6. The molecule has 8 nitrogen and oxygen atoms in total. The maximum atomic E-state index is 13.1. The Kier molecular flexibility index (Phi) is 7.59. The van der Waals surface area contributed by atoms with Gasteiger partial charge in [0.1, 0.15) is 11.8 Å². The number of nitrogens with zero attached hydrogens (tertiary/aromatic N) is 1. The van der Waals surface area contributed by atoms with Crippen molar-refractivity contribution in [3.63, 3.8) is 0 Å². The van der Waals surface area contributed by atoms with Crippen LogP contribution in [0.3, 0.4) is 0 Å². The normalized spacial score (nSPS) is 21.2. The van der Waals surface area contributed by atoms with Crippen molar-refractivity contribution < 1.29 is 32.6 Å². The quantitative estimate of drug-likeness (QED) is 0.540. The monoisotopic (exact) mass is 411 g/mol. The van der Waals surface area contributed by atoms with Gasteiger partial charge in [-0.05, 0) is 44.0 Å². The highest BCUT2D eigenvalue weighted by Crippen LogP contribution is 2.30. The van der Waals surface area contributed by atoms with Crippen LogP contribution in [-0.4, -0.2) is 56.1 Å². The molecule has 1 aliphatic rings. The van der Waals surface area contributed by atoms with E-state index in [0.717, 1.165) is 4.31 Å². The molecule has 1 N–H and O–H groups in total. The van der Waals surface area contributed by atoms with Gasteiger partial charge in [-0.25, -0.2) is 13.2 Å². The molecule has 1 saturated heterocycles. The summed E-state index contributed by atoms with van der Waals surface area (Å²) in [6, 6.07) is 4.50. The van der Waals surface area contributed by atoms with Crippen LogP contribution in [0.15, 0.2) is 41.3 Å². The molecule has 1 aromatic rings. The average molecular weight is 411 g/mol. The number of carboxylic acids is 1. The third-order valence-corrected chi connectivity index (χ3v) is 6.46. The second kappa shape index (κ2) is 9.70. The number of carbonyl (C=O) groups excluding carboxylic acids is 1. The molecule has 1 fully saturated rings. The standard InChI is InChI=1S/C19H25NO7S/c1-3-27-17(21)12-7-14-6-4-5-13-20(18(14)19(22)23)28(24,25)16-10-8-15(26-2)9-11-16/h7-12,14,18H,3-6,13H2,1-2H3,(H,22,23)/b12-7+. The number of hydrogen-bond donors (Lipinski definition) is 1. The molecule has 1 heterocycles. The molecule has 2 unspecified atom stereocenters. The van der Waals surface area contributed by atoms with E-state index in [4.69, 9.17) is 9.47 Å². The van der Waals surface area contributed by atoms with E-state index in [1.54, 1.807) is 6.92 Å². The molecule has 0 spiro atoms. The summed E-state index contributed by atoms with van der Waals surface area (Å²) in [6.07, 6.45) is 4.26. The molecular formula is C19H25NO7S. The van der Waals surface area contributed by atoms with Crippen molar-refractivity contribution in [2.24, 2.45) is 5.92 Å². The molecule has 0 aromatic heterocycles. The van der Waals surface area contributed by atoms with E-state index in [9.17, 15) is 23.1 Å². The lowest BCUT2D eigenvalue weighted by Gasteiger charge is -2.29. The third kappa shape index (κ3) is 5.11. The molecule has 1 aliphatic heterocycles. The smallest absolute Gasteiger partial charge is 0.330 e. The first kappa shape index (κ1) is 21.9. The average Bonchev–Trinajstić information content (AvgIpc) is 2.89. The van der Waals surface area contributed by atoms with Crippen molar-refractivity contribution in [2.45, 2.75) is 37.1 Å². The number of benzene rings is 1. The molecule has 0 saturated carbocycles. The van der Waals surface area contributed by atoms with E-state index in [-0.39, 0.29) is 18.0 Å². The molecule has 0 amide bonds. The predicted molar refractivity (Wildman–Crippen MR) is 101 cm³/mol. The van der Waals surface area contributed by atoms with Gasteiger partial charge in [0.05, 0.1) is 18.6 Å². The van der Waals surface area contributed by atoms with E-state index in [1.807, 2.05) is 0 Å². The van der Waals surface area contributed by atoms with Crippen LogP contribution in [0.4, 0.5) is 0 Å². The van der Waals surface area contributed by atoms with Gasteiger partial charge in [0.15, 0.2) is 0 Å². The molecule has 28 heavy (non-hydrogen) atoms. The number of ether oxygens (including phenoxy) is 2. The van der Waals surface area contributed by atoms with Crippen molar-refractivity contribution in [3.8, 4) is 5.75 Å². The van der Waals surface area contributed by atoms with Crippen molar-refractivity contribution >= 4 is 22.0 Å². The summed E-state index contributed by atoms with van der Waals surface area (Å²) < 4.78 is 37.2. The number of aliphatic carboxylic acids is 1. The van der Waals surface area contributed by atoms with E-state index in [0.29, 0.717) is 25.0 Å². The molecule has 0 radical (unpaired) electrons. The summed E-state index contributed by atoms with van der Waals surface area (Å²) in [5, 5.41) is 9.79. The lowest BCUT2D eigenvalue weighted by Crippen LogP contribution is -2.48. The number of carboxylic acid groups (broad SMARTS) is 1. The Balaban J connectivity index is 2.38. The Hall–Kier alpha value is -2.39. The van der Waals surface area contributed by atoms with Gasteiger partial charge in [-0.3, -0.25) is 4.79 Å². The molecule has 0 aliphatic carbocycles. The van der Waals surface area contributed by atoms with Crippen molar-refractivity contribution in [1.82, 2.24) is 4.31 Å². The van der Waals surface area contributed by atoms with Crippen molar-refractivity contribution in [1.29, 1.82) is 0 Å². The summed E-state index contributed by atoms with van der Waals surface area (Å²) in [5.41, 5.74) is 0. The first-order chi connectivity index (χ1) is 13.3. The van der Waals surface area contributed by atoms with Crippen LogP contribution >= 0.6 is 0 Å². The second-order valence-electron chi connectivity index (χ2n) is 6.35. The van der Waals surface area contributed by atoms with Gasteiger partial charge < -0.3 is 14.6 Å². The van der Waals surface area contributed by atoms with E-state index in [2.05, 4.69) is 0 Å². The van der Waals surface area contributed by atoms with Crippen LogP contribution in [0.5, 0.6) is 5.75 Å². The highest BCUT2D eigenvalue weighted by molar-refractivity contribution is 7.89. The van der Waals surface area contributed by atoms with Crippen LogP contribution in [0.25, 0.3) is 0 Å². The van der Waals surface area contributed by atoms with Crippen LogP contribution in [-0.2, 0) is 24.3 Å². The molecular weight excluding hydrogens is 386 g/mol. The fraction of sp³-hybridized carbons (Fsp3) is 0.474. The van der Waals surface area contributed by atoms with Gasteiger partial charge in [0.2, 0.25) is 10.0 Å². The molecule has 154 valence electrons. The largest absolute Gasteiger partial charge is 0.497 e. The maximum absolute atomic E-state index is 13.1. The van der Waals surface area contributed by atoms with Gasteiger partial charge in [-0.2, -0.15) is 4.31 Å². The second-order valence-corrected chi connectivity index (χ2v) is 8.24. The zero-order valence-electron chi connectivity index (χ0n) is 15.9. The van der Waals surface area contributed by atoms with E-state index in [1.165, 1.54) is 43.5 Å². The van der Waals surface area contributed by atoms with Gasteiger partial charge in [-0.1, -0.05) is 12.5 Å². The first-order valence-electron chi connectivity index (χ1n) is 9.05. The number of hydrogen-bond acceptors (Lipinski definition) is 6. The first-order valence-corrected chi connectivity index (χ1v) is 10.5. The molecule has 2 atom stereocenters. The van der Waals surface area contributed by atoms with Crippen molar-refractivity contribution in [2.75, 3.05) is 20.3 Å². The van der Waals surface area contributed by atoms with E-state index < -0.39 is 33.9 Å². The Morgan fingerprint density at radius 1 is 1.25 bits per heavy atom. The molecule has 2 rings (SSSR count). The Bertz CT molecular complexity index is 817. The summed E-state index contributed by atoms with van der Waals surface area (Å²) in [6.45, 7) is 1.96. The Morgan fingerprint density at radius 2 is 1.93 bits per heavy atom. The summed E-state index contributed by atoms with van der Waals surface area (Å²) in [7, 11) is -2.57. The van der Waals surface area contributed by atoms with Crippen LogP contribution in [0.2, 0.25) is 0 Å². The lowest BCUT2D eigenvalue weighted by atomic mass is 9.95. The zero-order chi connectivity index (χ0) is 20.7. The lowest BCUT2D eigenvalue weighted by molar-refractivity contribution is -0.143. The highest BCUT2D eigenvalue weighted by Gasteiger charge is 2.41. The van der Waals surface area contributed by atoms with Crippen LogP contribution in [0, 0.1) is 5.92 Å². The van der Waals surface area contributed by atoms with Gasteiger partial charge in [0.25, 0.3) is 0 Å².